The molecule has 0 bridgehead atoms. The van der Waals surface area contributed by atoms with Crippen LogP contribution in [0.5, 0.6) is 0 Å². The van der Waals surface area contributed by atoms with Gasteiger partial charge in [-0.3, -0.25) is 0 Å². The normalized spacial score (nSPS) is 19.6. The van der Waals surface area contributed by atoms with Gasteiger partial charge in [0.1, 0.15) is 5.01 Å². The molecule has 1 aromatic heterocycles. The fourth-order valence-corrected chi connectivity index (χ4v) is 3.67. The van der Waals surface area contributed by atoms with E-state index in [0.29, 0.717) is 0 Å². The lowest BCUT2D eigenvalue weighted by atomic mass is 9.76. The Bertz CT molecular complexity index is 376. The summed E-state index contributed by atoms with van der Waals surface area (Å²) in [6, 6.07) is 0. The summed E-state index contributed by atoms with van der Waals surface area (Å²) >= 11 is 1.87. The lowest BCUT2D eigenvalue weighted by molar-refractivity contribution is 0.203. The van der Waals surface area contributed by atoms with E-state index in [4.69, 9.17) is 4.98 Å². The Morgan fingerprint density at radius 1 is 1.39 bits per heavy atom. The van der Waals surface area contributed by atoms with Gasteiger partial charge in [0, 0.05) is 4.88 Å². The van der Waals surface area contributed by atoms with E-state index in [-0.39, 0.29) is 5.54 Å². The molecule has 0 saturated heterocycles. The molecule has 2 nitrogen and oxygen atoms in total. The highest BCUT2D eigenvalue weighted by molar-refractivity contribution is 7.11. The third-order valence-corrected chi connectivity index (χ3v) is 5.52. The van der Waals surface area contributed by atoms with Crippen molar-refractivity contribution in [3.8, 4) is 0 Å². The third kappa shape index (κ3) is 2.94. The minimum absolute atomic E-state index is 0.0881. The molecule has 0 spiro atoms. The number of hydrogen-bond donors (Lipinski definition) is 1. The zero-order valence-corrected chi connectivity index (χ0v) is 13.0. The van der Waals surface area contributed by atoms with Gasteiger partial charge in [0.05, 0.1) is 11.2 Å². The third-order valence-electron chi connectivity index (χ3n) is 4.19. The van der Waals surface area contributed by atoms with E-state index in [9.17, 15) is 0 Å². The molecule has 1 N–H and O–H groups in total. The molecule has 3 heteroatoms. The van der Waals surface area contributed by atoms with E-state index in [0.717, 1.165) is 12.5 Å². The summed E-state index contributed by atoms with van der Waals surface area (Å²) in [4.78, 5) is 6.17. The van der Waals surface area contributed by atoms with Crippen molar-refractivity contribution in [3.05, 3.63) is 15.6 Å². The monoisotopic (exact) mass is 266 g/mol. The number of aryl methyl sites for hydroxylation is 2. The molecule has 1 aromatic rings. The lowest BCUT2D eigenvalue weighted by Crippen LogP contribution is -2.42. The second-order valence-electron chi connectivity index (χ2n) is 5.92. The number of hydrogen-bond acceptors (Lipinski definition) is 3. The lowest BCUT2D eigenvalue weighted by Gasteiger charge is -2.36. The molecule has 0 radical (unpaired) electrons. The Hall–Kier alpha value is -0.410. The number of rotatable bonds is 6. The number of aromatic nitrogens is 1. The molecule has 0 amide bonds. The summed E-state index contributed by atoms with van der Waals surface area (Å²) in [6.45, 7) is 9.97. The second kappa shape index (κ2) is 5.70. The Morgan fingerprint density at radius 3 is 2.56 bits per heavy atom. The van der Waals surface area contributed by atoms with Crippen LogP contribution in [0.25, 0.3) is 0 Å². The minimum atomic E-state index is 0.0881. The van der Waals surface area contributed by atoms with E-state index >= 15 is 0 Å². The standard InChI is InChI=1S/C15H26N2S/c1-5-9-16-15(4,10-13-7-6-8-13)14-17-11(2)12(3)18-14/h13,16H,5-10H2,1-4H3. The van der Waals surface area contributed by atoms with Crippen LogP contribution in [0, 0.1) is 19.8 Å². The van der Waals surface area contributed by atoms with Crippen LogP contribution in [0.4, 0.5) is 0 Å². The Labute approximate surface area is 115 Å². The number of nitrogens with zero attached hydrogens (tertiary/aromatic N) is 1. The van der Waals surface area contributed by atoms with Crippen LogP contribution >= 0.6 is 11.3 Å². The minimum Gasteiger partial charge on any atom is -0.306 e. The maximum atomic E-state index is 4.80. The Balaban J connectivity index is 2.16. The first-order valence-electron chi connectivity index (χ1n) is 7.24. The second-order valence-corrected chi connectivity index (χ2v) is 7.12. The van der Waals surface area contributed by atoms with Crippen LogP contribution in [0.3, 0.4) is 0 Å². The van der Waals surface area contributed by atoms with Gasteiger partial charge in [0.15, 0.2) is 0 Å². The fourth-order valence-electron chi connectivity index (χ4n) is 2.62. The summed E-state index contributed by atoms with van der Waals surface area (Å²) < 4.78 is 0. The molecule has 0 aromatic carbocycles. The van der Waals surface area contributed by atoms with E-state index in [1.54, 1.807) is 0 Å². The number of nitrogens with one attached hydrogen (secondary N) is 1. The molecule has 1 unspecified atom stereocenters. The summed E-state index contributed by atoms with van der Waals surface area (Å²) in [5.74, 6) is 0.906. The Morgan fingerprint density at radius 2 is 2.11 bits per heavy atom. The van der Waals surface area contributed by atoms with Crippen molar-refractivity contribution in [1.29, 1.82) is 0 Å². The average molecular weight is 266 g/mol. The summed E-state index contributed by atoms with van der Waals surface area (Å²) in [5, 5.41) is 5.04. The average Bonchev–Trinajstić information content (AvgIpc) is 2.63. The van der Waals surface area contributed by atoms with Crippen molar-refractivity contribution in [2.45, 2.75) is 65.3 Å². The van der Waals surface area contributed by atoms with E-state index < -0.39 is 0 Å². The van der Waals surface area contributed by atoms with Crippen molar-refractivity contribution in [3.63, 3.8) is 0 Å². The van der Waals surface area contributed by atoms with E-state index in [2.05, 4.69) is 33.0 Å². The van der Waals surface area contributed by atoms with Crippen LogP contribution < -0.4 is 5.32 Å². The van der Waals surface area contributed by atoms with Crippen LogP contribution in [0.15, 0.2) is 0 Å². The molecule has 1 aliphatic carbocycles. The highest BCUT2D eigenvalue weighted by atomic mass is 32.1. The molecule has 1 heterocycles. The van der Waals surface area contributed by atoms with Crippen molar-refractivity contribution in [2.24, 2.45) is 5.92 Å². The van der Waals surface area contributed by atoms with Crippen molar-refractivity contribution in [2.75, 3.05) is 6.54 Å². The molecule has 0 aliphatic heterocycles. The molecular weight excluding hydrogens is 240 g/mol. The van der Waals surface area contributed by atoms with Crippen LogP contribution in [0.2, 0.25) is 0 Å². The van der Waals surface area contributed by atoms with Gasteiger partial charge in [0.25, 0.3) is 0 Å². The highest BCUT2D eigenvalue weighted by Crippen LogP contribution is 2.39. The van der Waals surface area contributed by atoms with Gasteiger partial charge >= 0.3 is 0 Å². The SMILES string of the molecule is CCCNC(C)(CC1CCC1)c1nc(C)c(C)s1. The molecule has 1 atom stereocenters. The van der Waals surface area contributed by atoms with Crippen LogP contribution in [0.1, 0.15) is 61.5 Å². The van der Waals surface area contributed by atoms with Crippen LogP contribution in [-0.2, 0) is 5.54 Å². The van der Waals surface area contributed by atoms with Gasteiger partial charge in [0.2, 0.25) is 0 Å². The molecule has 102 valence electrons. The van der Waals surface area contributed by atoms with E-state index in [1.165, 1.54) is 47.7 Å². The van der Waals surface area contributed by atoms with Gasteiger partial charge in [-0.2, -0.15) is 0 Å². The van der Waals surface area contributed by atoms with Gasteiger partial charge in [-0.25, -0.2) is 4.98 Å². The van der Waals surface area contributed by atoms with E-state index in [1.807, 2.05) is 11.3 Å². The summed E-state index contributed by atoms with van der Waals surface area (Å²) in [6.07, 6.45) is 6.67. The Kier molecular flexibility index (Phi) is 4.44. The molecule has 1 fully saturated rings. The summed E-state index contributed by atoms with van der Waals surface area (Å²) in [5.41, 5.74) is 1.29. The molecular formula is C15H26N2S. The van der Waals surface area contributed by atoms with Gasteiger partial charge in [-0.05, 0) is 46.1 Å². The van der Waals surface area contributed by atoms with Crippen molar-refractivity contribution < 1.29 is 0 Å². The molecule has 18 heavy (non-hydrogen) atoms. The van der Waals surface area contributed by atoms with Crippen molar-refractivity contribution >= 4 is 11.3 Å². The fraction of sp³-hybridized carbons (Fsp3) is 0.800. The predicted octanol–water partition coefficient (Wildman–Crippen LogP) is 4.16. The number of thiazole rings is 1. The van der Waals surface area contributed by atoms with Gasteiger partial charge in [-0.1, -0.05) is 26.2 Å². The molecule has 2 rings (SSSR count). The molecule has 1 aliphatic rings. The largest absolute Gasteiger partial charge is 0.306 e. The molecule has 1 saturated carbocycles. The first kappa shape index (κ1) is 14.0. The highest BCUT2D eigenvalue weighted by Gasteiger charge is 2.34. The van der Waals surface area contributed by atoms with Crippen LogP contribution in [-0.4, -0.2) is 11.5 Å². The maximum absolute atomic E-state index is 4.80. The first-order valence-corrected chi connectivity index (χ1v) is 8.06. The maximum Gasteiger partial charge on any atom is 0.113 e. The van der Waals surface area contributed by atoms with Crippen molar-refractivity contribution in [1.82, 2.24) is 10.3 Å². The predicted molar refractivity (Wildman–Crippen MR) is 79.2 cm³/mol. The van der Waals surface area contributed by atoms with Gasteiger partial charge in [-0.15, -0.1) is 11.3 Å². The topological polar surface area (TPSA) is 24.9 Å². The zero-order valence-electron chi connectivity index (χ0n) is 12.2. The quantitative estimate of drug-likeness (QED) is 0.836. The first-order chi connectivity index (χ1) is 8.55. The van der Waals surface area contributed by atoms with Gasteiger partial charge < -0.3 is 5.32 Å². The zero-order chi connectivity index (χ0) is 13.2. The summed E-state index contributed by atoms with van der Waals surface area (Å²) in [7, 11) is 0. The smallest absolute Gasteiger partial charge is 0.113 e.